The second kappa shape index (κ2) is 8.70. The van der Waals surface area contributed by atoms with Crippen LogP contribution in [0.2, 0.25) is 0 Å². The van der Waals surface area contributed by atoms with Gasteiger partial charge in [-0.3, -0.25) is 4.90 Å². The number of aromatic nitrogens is 1. The third-order valence-electron chi connectivity index (χ3n) is 5.02. The maximum Gasteiger partial charge on any atom is 0.416 e. The molecule has 0 saturated heterocycles. The lowest BCUT2D eigenvalue weighted by Crippen LogP contribution is -2.49. The number of allylic oxidation sites excluding steroid dienone is 1. The van der Waals surface area contributed by atoms with Crippen molar-refractivity contribution < 1.29 is 27.5 Å². The van der Waals surface area contributed by atoms with E-state index in [1.54, 1.807) is 13.0 Å². The zero-order chi connectivity index (χ0) is 23.6. The van der Waals surface area contributed by atoms with Crippen LogP contribution in [-0.4, -0.2) is 35.5 Å². The number of rotatable bonds is 4. The number of benzene rings is 1. The van der Waals surface area contributed by atoms with Gasteiger partial charge in [0.2, 0.25) is 0 Å². The molecule has 3 rings (SSSR count). The van der Waals surface area contributed by atoms with Crippen molar-refractivity contribution in [1.82, 2.24) is 9.88 Å². The molecule has 1 atom stereocenters. The largest absolute Gasteiger partial charge is 0.463 e. The average Bonchev–Trinajstić information content (AvgIpc) is 2.76. The predicted molar refractivity (Wildman–Crippen MR) is 108 cm³/mol. The van der Waals surface area contributed by atoms with E-state index in [1.807, 2.05) is 6.07 Å². The van der Waals surface area contributed by atoms with E-state index in [4.69, 9.17) is 10.00 Å². The molecule has 2 aromatic rings. The van der Waals surface area contributed by atoms with Crippen LogP contribution in [0, 0.1) is 11.3 Å². The van der Waals surface area contributed by atoms with Crippen molar-refractivity contribution in [2.24, 2.45) is 0 Å². The van der Waals surface area contributed by atoms with Crippen LogP contribution in [0.5, 0.6) is 0 Å². The third-order valence-corrected chi connectivity index (χ3v) is 5.02. The zero-order valence-corrected chi connectivity index (χ0v) is 17.5. The van der Waals surface area contributed by atoms with Crippen LogP contribution >= 0.6 is 0 Å². The topological polar surface area (TPSA) is 86.5 Å². The monoisotopic (exact) mass is 444 g/mol. The van der Waals surface area contributed by atoms with Gasteiger partial charge in [-0.15, -0.1) is 0 Å². The number of carbonyl (C=O) groups excluding carboxylic acids is 2. The second-order valence-corrected chi connectivity index (χ2v) is 6.99. The summed E-state index contributed by atoms with van der Waals surface area (Å²) < 4.78 is 44.9. The summed E-state index contributed by atoms with van der Waals surface area (Å²) in [5.74, 6) is -0.712. The summed E-state index contributed by atoms with van der Waals surface area (Å²) in [5, 5.41) is 8.98. The molecule has 0 spiro atoms. The summed E-state index contributed by atoms with van der Waals surface area (Å²) in [6, 6.07) is 7.67. The number of ether oxygens (including phenoxy) is 1. The quantitative estimate of drug-likeness (QED) is 0.652. The van der Waals surface area contributed by atoms with Gasteiger partial charge in [0.05, 0.1) is 29.5 Å². The Morgan fingerprint density at radius 2 is 2.00 bits per heavy atom. The molecule has 32 heavy (non-hydrogen) atoms. The molecule has 0 bridgehead atoms. The van der Waals surface area contributed by atoms with Gasteiger partial charge in [-0.2, -0.15) is 18.4 Å². The van der Waals surface area contributed by atoms with Crippen LogP contribution in [0.15, 0.2) is 53.9 Å². The van der Waals surface area contributed by atoms with E-state index in [1.165, 1.54) is 43.3 Å². The van der Waals surface area contributed by atoms with Crippen LogP contribution in [0.4, 0.5) is 23.7 Å². The maximum absolute atomic E-state index is 13.2. The van der Waals surface area contributed by atoms with Crippen molar-refractivity contribution in [3.05, 3.63) is 70.7 Å². The molecule has 0 fully saturated rings. The van der Waals surface area contributed by atoms with E-state index in [0.717, 1.165) is 17.0 Å². The van der Waals surface area contributed by atoms with Crippen molar-refractivity contribution in [2.75, 3.05) is 18.6 Å². The Kier molecular flexibility index (Phi) is 6.20. The van der Waals surface area contributed by atoms with Gasteiger partial charge in [0.15, 0.2) is 0 Å². The van der Waals surface area contributed by atoms with Gasteiger partial charge < -0.3 is 9.64 Å². The molecule has 10 heteroatoms. The number of nitriles is 1. The van der Waals surface area contributed by atoms with Crippen LogP contribution in [0.1, 0.15) is 36.7 Å². The zero-order valence-electron chi connectivity index (χ0n) is 17.5. The second-order valence-electron chi connectivity index (χ2n) is 6.99. The van der Waals surface area contributed by atoms with Crippen molar-refractivity contribution in [2.45, 2.75) is 26.1 Å². The number of alkyl halides is 3. The fourth-order valence-corrected chi connectivity index (χ4v) is 3.54. The number of pyridine rings is 1. The van der Waals surface area contributed by atoms with E-state index in [0.29, 0.717) is 5.56 Å². The Bertz CT molecular complexity index is 1120. The third kappa shape index (κ3) is 4.14. The standard InChI is InChI=1S/C22H19F3N4O3/c1-4-32-20(30)18-13(2)29(17-7-5-6-15(10-17)22(23,24)25)21(31)28(3)19(18)14-8-9-16(11-26)27-12-14/h5-10,12,19H,4H2,1-3H3. The minimum Gasteiger partial charge on any atom is -0.463 e. The molecule has 1 aliphatic heterocycles. The summed E-state index contributed by atoms with van der Waals surface area (Å²) in [4.78, 5) is 32.4. The normalized spacial score (nSPS) is 16.8. The van der Waals surface area contributed by atoms with E-state index in [-0.39, 0.29) is 29.3 Å². The molecule has 2 amide bonds. The van der Waals surface area contributed by atoms with Gasteiger partial charge in [0.25, 0.3) is 0 Å². The number of nitrogens with zero attached hydrogens (tertiary/aromatic N) is 4. The molecule has 0 radical (unpaired) electrons. The number of hydrogen-bond donors (Lipinski definition) is 0. The Balaban J connectivity index is 2.19. The predicted octanol–water partition coefficient (Wildman–Crippen LogP) is 4.42. The lowest BCUT2D eigenvalue weighted by molar-refractivity contribution is -0.139. The highest BCUT2D eigenvalue weighted by molar-refractivity contribution is 6.03. The van der Waals surface area contributed by atoms with E-state index in [2.05, 4.69) is 4.98 Å². The fraction of sp³-hybridized carbons (Fsp3) is 0.273. The number of hydrogen-bond acceptors (Lipinski definition) is 5. The van der Waals surface area contributed by atoms with Gasteiger partial charge in [-0.1, -0.05) is 12.1 Å². The summed E-state index contributed by atoms with van der Waals surface area (Å²) >= 11 is 0. The van der Waals surface area contributed by atoms with E-state index in [9.17, 15) is 22.8 Å². The molecule has 0 aliphatic carbocycles. The molecule has 0 saturated carbocycles. The van der Waals surface area contributed by atoms with Crippen LogP contribution in [0.3, 0.4) is 0 Å². The lowest BCUT2D eigenvalue weighted by atomic mass is 9.94. The summed E-state index contributed by atoms with van der Waals surface area (Å²) in [5.41, 5.74) is -0.131. The number of likely N-dealkylation sites (N-methyl/N-ethyl adjacent to an activating group) is 1. The van der Waals surface area contributed by atoms with Gasteiger partial charge in [0.1, 0.15) is 11.8 Å². The number of esters is 1. The summed E-state index contributed by atoms with van der Waals surface area (Å²) in [6.45, 7) is 3.16. The smallest absolute Gasteiger partial charge is 0.416 e. The van der Waals surface area contributed by atoms with Gasteiger partial charge >= 0.3 is 18.2 Å². The van der Waals surface area contributed by atoms with Gasteiger partial charge in [-0.25, -0.2) is 14.6 Å². The van der Waals surface area contributed by atoms with Crippen LogP contribution in [0.25, 0.3) is 0 Å². The number of urea groups is 1. The SMILES string of the molecule is CCOC(=O)C1=C(C)N(c2cccc(C(F)(F)F)c2)C(=O)N(C)C1c1ccc(C#N)nc1. The first kappa shape index (κ1) is 22.8. The first-order valence-electron chi connectivity index (χ1n) is 9.58. The number of anilines is 1. The summed E-state index contributed by atoms with van der Waals surface area (Å²) in [7, 11) is 1.43. The fourth-order valence-electron chi connectivity index (χ4n) is 3.54. The molecule has 2 heterocycles. The van der Waals surface area contributed by atoms with E-state index < -0.39 is 29.8 Å². The average molecular weight is 444 g/mol. The minimum absolute atomic E-state index is 0.0348. The van der Waals surface area contributed by atoms with Crippen LogP contribution < -0.4 is 4.90 Å². The van der Waals surface area contributed by atoms with Crippen LogP contribution in [-0.2, 0) is 15.7 Å². The van der Waals surface area contributed by atoms with Crippen molar-refractivity contribution >= 4 is 17.7 Å². The van der Waals surface area contributed by atoms with Crippen molar-refractivity contribution in [3.8, 4) is 6.07 Å². The number of halogens is 3. The molecule has 7 nitrogen and oxygen atoms in total. The Morgan fingerprint density at radius 3 is 2.56 bits per heavy atom. The minimum atomic E-state index is -4.60. The molecule has 166 valence electrons. The number of amides is 2. The highest BCUT2D eigenvalue weighted by Crippen LogP contribution is 2.40. The molecule has 0 N–H and O–H groups in total. The maximum atomic E-state index is 13.2. The molecule has 1 aliphatic rings. The highest BCUT2D eigenvalue weighted by atomic mass is 19.4. The Labute approximate surface area is 182 Å². The molecule has 1 unspecified atom stereocenters. The first-order valence-corrected chi connectivity index (χ1v) is 9.58. The number of carbonyl (C=O) groups is 2. The van der Waals surface area contributed by atoms with Crippen molar-refractivity contribution in [3.63, 3.8) is 0 Å². The van der Waals surface area contributed by atoms with E-state index >= 15 is 0 Å². The van der Waals surface area contributed by atoms with Crippen molar-refractivity contribution in [1.29, 1.82) is 5.26 Å². The molecular formula is C22H19F3N4O3. The van der Waals surface area contributed by atoms with Gasteiger partial charge in [0, 0.05) is 18.9 Å². The molecular weight excluding hydrogens is 425 g/mol. The highest BCUT2D eigenvalue weighted by Gasteiger charge is 2.42. The summed E-state index contributed by atoms with van der Waals surface area (Å²) in [6.07, 6.45) is -3.22. The molecule has 1 aromatic heterocycles. The molecule has 1 aromatic carbocycles. The Hall–Kier alpha value is -3.87. The lowest BCUT2D eigenvalue weighted by Gasteiger charge is -2.41. The van der Waals surface area contributed by atoms with Gasteiger partial charge in [-0.05, 0) is 43.7 Å². The first-order chi connectivity index (χ1) is 15.1. The Morgan fingerprint density at radius 1 is 1.28 bits per heavy atom.